The third-order valence-corrected chi connectivity index (χ3v) is 6.59. The molecule has 0 amide bonds. The molecule has 0 aromatic carbocycles. The van der Waals surface area contributed by atoms with Gasteiger partial charge in [-0.15, -0.1) is 0 Å². The molecule has 122 valence electrons. The Hall–Kier alpha value is -0.0800. The Kier molecular flexibility index (Phi) is 5.61. The summed E-state index contributed by atoms with van der Waals surface area (Å²) >= 11 is 0. The Morgan fingerprint density at radius 1 is 0.952 bits per heavy atom. The fourth-order valence-electron chi connectivity index (χ4n) is 5.52. The van der Waals surface area contributed by atoms with Crippen molar-refractivity contribution < 1.29 is 4.74 Å². The molecule has 21 heavy (non-hydrogen) atoms. The maximum absolute atomic E-state index is 6.34. The zero-order valence-corrected chi connectivity index (χ0v) is 14.0. The quantitative estimate of drug-likeness (QED) is 0.772. The molecule has 2 heteroatoms. The number of hydrogen-bond acceptors (Lipinski definition) is 2. The van der Waals surface area contributed by atoms with E-state index in [9.17, 15) is 0 Å². The van der Waals surface area contributed by atoms with Gasteiger partial charge >= 0.3 is 0 Å². The zero-order chi connectivity index (χ0) is 14.5. The van der Waals surface area contributed by atoms with Crippen molar-refractivity contribution in [1.29, 1.82) is 0 Å². The van der Waals surface area contributed by atoms with Crippen LogP contribution in [0.1, 0.15) is 77.0 Å². The van der Waals surface area contributed by atoms with Crippen LogP contribution < -0.4 is 5.32 Å². The van der Waals surface area contributed by atoms with Crippen LogP contribution in [0.25, 0.3) is 0 Å². The van der Waals surface area contributed by atoms with E-state index in [-0.39, 0.29) is 5.60 Å². The van der Waals surface area contributed by atoms with Gasteiger partial charge in [-0.25, -0.2) is 0 Å². The predicted molar refractivity (Wildman–Crippen MR) is 88.5 cm³/mol. The summed E-state index contributed by atoms with van der Waals surface area (Å²) in [7, 11) is 2.13. The Bertz CT molecular complexity index is 305. The van der Waals surface area contributed by atoms with Crippen LogP contribution in [0.2, 0.25) is 0 Å². The summed E-state index contributed by atoms with van der Waals surface area (Å²) in [6.45, 7) is 2.27. The molecule has 2 nitrogen and oxygen atoms in total. The topological polar surface area (TPSA) is 21.3 Å². The minimum Gasteiger partial charge on any atom is -0.375 e. The molecule has 2 aliphatic carbocycles. The lowest BCUT2D eigenvalue weighted by atomic mass is 9.68. The fourth-order valence-corrected chi connectivity index (χ4v) is 5.52. The van der Waals surface area contributed by atoms with Crippen LogP contribution in [0.3, 0.4) is 0 Å². The highest BCUT2D eigenvalue weighted by Crippen LogP contribution is 2.46. The van der Waals surface area contributed by atoms with Crippen molar-refractivity contribution in [2.75, 3.05) is 20.2 Å². The molecule has 3 aliphatic rings. The smallest absolute Gasteiger partial charge is 0.0685 e. The summed E-state index contributed by atoms with van der Waals surface area (Å²) in [5.74, 6) is 2.82. The maximum atomic E-state index is 6.34. The van der Waals surface area contributed by atoms with E-state index >= 15 is 0 Å². The highest BCUT2D eigenvalue weighted by molar-refractivity contribution is 4.93. The van der Waals surface area contributed by atoms with Gasteiger partial charge in [0.25, 0.3) is 0 Å². The average molecular weight is 293 g/mol. The lowest BCUT2D eigenvalue weighted by molar-refractivity contribution is -0.128. The van der Waals surface area contributed by atoms with Gasteiger partial charge in [0.1, 0.15) is 0 Å². The van der Waals surface area contributed by atoms with Crippen molar-refractivity contribution in [2.45, 2.75) is 82.7 Å². The third kappa shape index (κ3) is 3.82. The van der Waals surface area contributed by atoms with Gasteiger partial charge in [0.2, 0.25) is 0 Å². The highest BCUT2D eigenvalue weighted by Gasteiger charge is 2.42. The van der Waals surface area contributed by atoms with Crippen LogP contribution in [0, 0.1) is 17.8 Å². The van der Waals surface area contributed by atoms with Gasteiger partial charge in [0, 0.05) is 6.61 Å². The number of ether oxygens (including phenoxy) is 1. The first-order valence-electron chi connectivity index (χ1n) is 9.61. The molecule has 1 aliphatic heterocycles. The summed E-state index contributed by atoms with van der Waals surface area (Å²) in [6, 6.07) is 0. The van der Waals surface area contributed by atoms with E-state index in [2.05, 4.69) is 12.4 Å². The van der Waals surface area contributed by atoms with Gasteiger partial charge < -0.3 is 10.1 Å². The number of hydrogen-bond donors (Lipinski definition) is 1. The van der Waals surface area contributed by atoms with Crippen LogP contribution >= 0.6 is 0 Å². The highest BCUT2D eigenvalue weighted by atomic mass is 16.5. The van der Waals surface area contributed by atoms with Gasteiger partial charge in [-0.1, -0.05) is 38.5 Å². The van der Waals surface area contributed by atoms with Crippen molar-refractivity contribution in [1.82, 2.24) is 5.32 Å². The molecular formula is C19H35NO. The molecule has 1 N–H and O–H groups in total. The molecule has 0 aromatic heterocycles. The summed E-state index contributed by atoms with van der Waals surface area (Å²) in [4.78, 5) is 0. The molecule has 2 saturated carbocycles. The predicted octanol–water partition coefficient (Wildman–Crippen LogP) is 4.53. The van der Waals surface area contributed by atoms with Crippen LogP contribution in [0.5, 0.6) is 0 Å². The van der Waals surface area contributed by atoms with Crippen molar-refractivity contribution in [3.63, 3.8) is 0 Å². The lowest BCUT2D eigenvalue weighted by Gasteiger charge is -2.47. The monoisotopic (exact) mass is 293 g/mol. The largest absolute Gasteiger partial charge is 0.375 e. The second-order valence-electron chi connectivity index (χ2n) is 7.96. The molecule has 1 saturated heterocycles. The Morgan fingerprint density at radius 3 is 2.52 bits per heavy atom. The van der Waals surface area contributed by atoms with E-state index in [4.69, 9.17) is 4.74 Å². The first-order valence-corrected chi connectivity index (χ1v) is 9.61. The summed E-state index contributed by atoms with van der Waals surface area (Å²) in [5, 5.41) is 3.47. The molecule has 1 spiro atoms. The van der Waals surface area contributed by atoms with Gasteiger partial charge in [0.15, 0.2) is 0 Å². The fraction of sp³-hybridized carbons (Fsp3) is 1.00. The van der Waals surface area contributed by atoms with E-state index in [0.29, 0.717) is 0 Å². The average Bonchev–Trinajstić information content (AvgIpc) is 2.74. The Labute approximate surface area is 131 Å². The zero-order valence-electron chi connectivity index (χ0n) is 14.0. The summed E-state index contributed by atoms with van der Waals surface area (Å²) in [6.07, 6.45) is 16.9. The second-order valence-corrected chi connectivity index (χ2v) is 7.96. The SMILES string of the molecule is CNCC1CCCCCC1C1CCOC2(CCCCC2)C1. The van der Waals surface area contributed by atoms with Crippen LogP contribution in [0.15, 0.2) is 0 Å². The van der Waals surface area contributed by atoms with E-state index < -0.39 is 0 Å². The van der Waals surface area contributed by atoms with Gasteiger partial charge in [-0.2, -0.15) is 0 Å². The first kappa shape index (κ1) is 15.8. The first-order chi connectivity index (χ1) is 10.3. The Morgan fingerprint density at radius 2 is 1.71 bits per heavy atom. The molecule has 3 atom stereocenters. The molecule has 0 aromatic rings. The minimum atomic E-state index is 0.289. The molecule has 0 bridgehead atoms. The number of nitrogens with one attached hydrogen (secondary N) is 1. The Balaban J connectivity index is 1.67. The molecule has 1 heterocycles. The van der Waals surface area contributed by atoms with E-state index in [1.165, 1.54) is 83.6 Å². The summed E-state index contributed by atoms with van der Waals surface area (Å²) in [5.41, 5.74) is 0.289. The van der Waals surface area contributed by atoms with Gasteiger partial charge in [0.05, 0.1) is 5.60 Å². The van der Waals surface area contributed by atoms with Crippen LogP contribution in [-0.2, 0) is 4.74 Å². The normalized spacial score (nSPS) is 37.3. The summed E-state index contributed by atoms with van der Waals surface area (Å²) < 4.78 is 6.34. The second kappa shape index (κ2) is 7.46. The third-order valence-electron chi connectivity index (χ3n) is 6.59. The van der Waals surface area contributed by atoms with Crippen molar-refractivity contribution in [3.8, 4) is 0 Å². The minimum absolute atomic E-state index is 0.289. The van der Waals surface area contributed by atoms with Gasteiger partial charge in [-0.05, 0) is 69.9 Å². The number of rotatable bonds is 3. The maximum Gasteiger partial charge on any atom is 0.0685 e. The van der Waals surface area contributed by atoms with Gasteiger partial charge in [-0.3, -0.25) is 0 Å². The van der Waals surface area contributed by atoms with Crippen molar-refractivity contribution >= 4 is 0 Å². The molecular weight excluding hydrogens is 258 g/mol. The lowest BCUT2D eigenvalue weighted by Crippen LogP contribution is -2.44. The molecule has 0 radical (unpaired) electrons. The van der Waals surface area contributed by atoms with E-state index in [0.717, 1.165) is 24.4 Å². The van der Waals surface area contributed by atoms with Crippen LogP contribution in [0.4, 0.5) is 0 Å². The van der Waals surface area contributed by atoms with Crippen molar-refractivity contribution in [2.24, 2.45) is 17.8 Å². The van der Waals surface area contributed by atoms with E-state index in [1.54, 1.807) is 0 Å². The standard InChI is InChI=1S/C19H35NO/c1-20-15-17-8-4-2-5-9-18(17)16-10-13-21-19(14-16)11-6-3-7-12-19/h16-18,20H,2-15H2,1H3. The van der Waals surface area contributed by atoms with E-state index in [1.807, 2.05) is 0 Å². The van der Waals surface area contributed by atoms with Crippen LogP contribution in [-0.4, -0.2) is 25.8 Å². The molecule has 3 unspecified atom stereocenters. The molecule has 3 fully saturated rings. The molecule has 3 rings (SSSR count). The van der Waals surface area contributed by atoms with Crippen molar-refractivity contribution in [3.05, 3.63) is 0 Å².